The molecule has 0 bridgehead atoms. The van der Waals surface area contributed by atoms with Crippen LogP contribution in [0.3, 0.4) is 0 Å². The number of ether oxygens (including phenoxy) is 1. The number of aliphatic imine (C=N–C) groups is 1. The van der Waals surface area contributed by atoms with Crippen LogP contribution in [0.2, 0.25) is 0 Å². The van der Waals surface area contributed by atoms with Crippen LogP contribution in [0.25, 0.3) is 0 Å². The summed E-state index contributed by atoms with van der Waals surface area (Å²) in [6.07, 6.45) is 2.37. The molecule has 1 aliphatic rings. The van der Waals surface area contributed by atoms with Crippen LogP contribution in [0, 0.1) is 0 Å². The van der Waals surface area contributed by atoms with Crippen molar-refractivity contribution in [3.63, 3.8) is 0 Å². The van der Waals surface area contributed by atoms with Crippen LogP contribution in [-0.2, 0) is 4.74 Å². The van der Waals surface area contributed by atoms with E-state index in [1.54, 1.807) is 0 Å². The molecule has 1 fully saturated rings. The normalized spacial score (nSPS) is 17.9. The zero-order valence-electron chi connectivity index (χ0n) is 13.3. The van der Waals surface area contributed by atoms with E-state index in [9.17, 15) is 0 Å². The molecule has 0 saturated carbocycles. The van der Waals surface area contributed by atoms with Crippen molar-refractivity contribution in [1.29, 1.82) is 0 Å². The van der Waals surface area contributed by atoms with Crippen LogP contribution < -0.4 is 10.6 Å². The van der Waals surface area contributed by atoms with E-state index in [-0.39, 0.29) is 24.0 Å². The second kappa shape index (κ2) is 11.6. The second-order valence-corrected chi connectivity index (χ2v) is 5.24. The molecular weight excluding hydrogens is 367 g/mol. The highest BCUT2D eigenvalue weighted by atomic mass is 127. The van der Waals surface area contributed by atoms with Crippen molar-refractivity contribution >= 4 is 29.9 Å². The van der Waals surface area contributed by atoms with Crippen molar-refractivity contribution in [2.45, 2.75) is 45.7 Å². The first-order chi connectivity index (χ1) is 9.17. The van der Waals surface area contributed by atoms with Gasteiger partial charge >= 0.3 is 0 Å². The molecule has 20 heavy (non-hydrogen) atoms. The molecule has 0 atom stereocenters. The SMILES string of the molecule is CCOCCNC(=NC)NC1CCN(C(C)C)CC1.I. The van der Waals surface area contributed by atoms with Gasteiger partial charge in [0.25, 0.3) is 0 Å². The zero-order chi connectivity index (χ0) is 14.1. The summed E-state index contributed by atoms with van der Waals surface area (Å²) in [5.74, 6) is 0.891. The Balaban J connectivity index is 0.00000361. The monoisotopic (exact) mass is 398 g/mol. The lowest BCUT2D eigenvalue weighted by Gasteiger charge is -2.35. The van der Waals surface area contributed by atoms with Crippen LogP contribution in [0.15, 0.2) is 4.99 Å². The van der Waals surface area contributed by atoms with E-state index in [4.69, 9.17) is 4.74 Å². The van der Waals surface area contributed by atoms with E-state index < -0.39 is 0 Å². The molecule has 0 unspecified atom stereocenters. The molecular formula is C14H31IN4O. The molecule has 5 nitrogen and oxygen atoms in total. The lowest BCUT2D eigenvalue weighted by molar-refractivity contribution is 0.151. The van der Waals surface area contributed by atoms with Gasteiger partial charge in [-0.15, -0.1) is 24.0 Å². The Morgan fingerprint density at radius 1 is 1.35 bits per heavy atom. The fourth-order valence-corrected chi connectivity index (χ4v) is 2.33. The summed E-state index contributed by atoms with van der Waals surface area (Å²) in [6.45, 7) is 11.2. The molecule has 0 amide bonds. The van der Waals surface area contributed by atoms with Crippen LogP contribution in [0.4, 0.5) is 0 Å². The van der Waals surface area contributed by atoms with Gasteiger partial charge in [-0.05, 0) is 33.6 Å². The third kappa shape index (κ3) is 7.64. The van der Waals surface area contributed by atoms with Crippen molar-refractivity contribution < 1.29 is 4.74 Å². The summed E-state index contributed by atoms with van der Waals surface area (Å²) < 4.78 is 5.31. The van der Waals surface area contributed by atoms with Gasteiger partial charge in [-0.3, -0.25) is 4.99 Å². The lowest BCUT2D eigenvalue weighted by Crippen LogP contribution is -2.50. The predicted octanol–water partition coefficient (Wildman–Crippen LogP) is 1.68. The quantitative estimate of drug-likeness (QED) is 0.309. The van der Waals surface area contributed by atoms with Crippen LogP contribution in [0.1, 0.15) is 33.6 Å². The fourth-order valence-electron chi connectivity index (χ4n) is 2.33. The molecule has 120 valence electrons. The number of guanidine groups is 1. The van der Waals surface area contributed by atoms with Gasteiger partial charge in [0.1, 0.15) is 0 Å². The van der Waals surface area contributed by atoms with Crippen molar-refractivity contribution in [2.24, 2.45) is 4.99 Å². The van der Waals surface area contributed by atoms with Gasteiger partial charge < -0.3 is 20.3 Å². The van der Waals surface area contributed by atoms with Gasteiger partial charge in [0, 0.05) is 45.4 Å². The maximum Gasteiger partial charge on any atom is 0.191 e. The Morgan fingerprint density at radius 3 is 2.50 bits per heavy atom. The van der Waals surface area contributed by atoms with Crippen molar-refractivity contribution in [1.82, 2.24) is 15.5 Å². The van der Waals surface area contributed by atoms with E-state index in [0.29, 0.717) is 12.1 Å². The first-order valence-electron chi connectivity index (χ1n) is 7.46. The van der Waals surface area contributed by atoms with Crippen molar-refractivity contribution in [2.75, 3.05) is 39.9 Å². The molecule has 0 aliphatic carbocycles. The van der Waals surface area contributed by atoms with E-state index in [2.05, 4.69) is 34.4 Å². The first kappa shape index (κ1) is 19.9. The van der Waals surface area contributed by atoms with Crippen LogP contribution >= 0.6 is 24.0 Å². The average Bonchev–Trinajstić information content (AvgIpc) is 2.42. The standard InChI is InChI=1S/C14H30N4O.HI/c1-5-19-11-8-16-14(15-4)17-13-6-9-18(10-7-13)12(2)3;/h12-13H,5-11H2,1-4H3,(H2,15,16,17);1H. The summed E-state index contributed by atoms with van der Waals surface area (Å²) in [6, 6.07) is 1.19. The van der Waals surface area contributed by atoms with E-state index in [0.717, 1.165) is 25.7 Å². The number of hydrogen-bond donors (Lipinski definition) is 2. The van der Waals surface area contributed by atoms with Gasteiger partial charge in [0.2, 0.25) is 0 Å². The third-order valence-corrected chi connectivity index (χ3v) is 3.57. The topological polar surface area (TPSA) is 48.9 Å². The minimum absolute atomic E-state index is 0. The molecule has 1 aliphatic heterocycles. The van der Waals surface area contributed by atoms with Gasteiger partial charge in [0.15, 0.2) is 5.96 Å². The summed E-state index contributed by atoms with van der Waals surface area (Å²) in [5.41, 5.74) is 0. The summed E-state index contributed by atoms with van der Waals surface area (Å²) >= 11 is 0. The lowest BCUT2D eigenvalue weighted by atomic mass is 10.0. The van der Waals surface area contributed by atoms with Gasteiger partial charge in [0.05, 0.1) is 6.61 Å². The Kier molecular flexibility index (Phi) is 11.5. The molecule has 0 spiro atoms. The smallest absolute Gasteiger partial charge is 0.191 e. The molecule has 2 N–H and O–H groups in total. The summed E-state index contributed by atoms with van der Waals surface area (Å²) in [7, 11) is 1.82. The largest absolute Gasteiger partial charge is 0.380 e. The fraction of sp³-hybridized carbons (Fsp3) is 0.929. The predicted molar refractivity (Wildman–Crippen MR) is 96.1 cm³/mol. The molecule has 6 heteroatoms. The summed E-state index contributed by atoms with van der Waals surface area (Å²) in [5, 5.41) is 6.78. The number of halogens is 1. The Morgan fingerprint density at radius 2 is 2.00 bits per heavy atom. The Hall–Kier alpha value is -0.0800. The highest BCUT2D eigenvalue weighted by molar-refractivity contribution is 14.0. The van der Waals surface area contributed by atoms with E-state index >= 15 is 0 Å². The van der Waals surface area contributed by atoms with Gasteiger partial charge in [-0.2, -0.15) is 0 Å². The average molecular weight is 398 g/mol. The molecule has 0 aromatic carbocycles. The van der Waals surface area contributed by atoms with Crippen LogP contribution in [0.5, 0.6) is 0 Å². The molecule has 1 rings (SSSR count). The minimum Gasteiger partial charge on any atom is -0.380 e. The maximum absolute atomic E-state index is 5.31. The van der Waals surface area contributed by atoms with Crippen LogP contribution in [-0.4, -0.2) is 62.8 Å². The number of hydrogen-bond acceptors (Lipinski definition) is 3. The van der Waals surface area contributed by atoms with Crippen molar-refractivity contribution in [3.05, 3.63) is 0 Å². The third-order valence-electron chi connectivity index (χ3n) is 3.57. The van der Waals surface area contributed by atoms with Crippen molar-refractivity contribution in [3.8, 4) is 0 Å². The second-order valence-electron chi connectivity index (χ2n) is 5.24. The first-order valence-corrected chi connectivity index (χ1v) is 7.46. The maximum atomic E-state index is 5.31. The molecule has 0 radical (unpaired) electrons. The molecule has 1 heterocycles. The summed E-state index contributed by atoms with van der Waals surface area (Å²) in [4.78, 5) is 6.79. The number of piperidine rings is 1. The van der Waals surface area contributed by atoms with Gasteiger partial charge in [-0.1, -0.05) is 0 Å². The number of nitrogens with one attached hydrogen (secondary N) is 2. The molecule has 1 saturated heterocycles. The number of likely N-dealkylation sites (tertiary alicyclic amines) is 1. The minimum atomic E-state index is 0. The van der Waals surface area contributed by atoms with E-state index in [1.807, 2.05) is 14.0 Å². The Labute approximate surface area is 140 Å². The highest BCUT2D eigenvalue weighted by Crippen LogP contribution is 2.12. The Bertz CT molecular complexity index is 266. The number of rotatable bonds is 6. The number of nitrogens with zero attached hydrogens (tertiary/aromatic N) is 2. The molecule has 0 aromatic heterocycles. The molecule has 0 aromatic rings. The highest BCUT2D eigenvalue weighted by Gasteiger charge is 2.21. The zero-order valence-corrected chi connectivity index (χ0v) is 15.6. The van der Waals surface area contributed by atoms with E-state index in [1.165, 1.54) is 25.9 Å². The van der Waals surface area contributed by atoms with Gasteiger partial charge in [-0.25, -0.2) is 0 Å².